The van der Waals surface area contributed by atoms with Crippen molar-refractivity contribution in [3.63, 3.8) is 0 Å². The summed E-state index contributed by atoms with van der Waals surface area (Å²) in [6.07, 6.45) is 0.911. The lowest BCUT2D eigenvalue weighted by atomic mass is 10.0. The lowest BCUT2D eigenvalue weighted by molar-refractivity contribution is -0.123. The zero-order valence-corrected chi connectivity index (χ0v) is 9.45. The van der Waals surface area contributed by atoms with E-state index in [-0.39, 0.29) is 5.92 Å². The zero-order chi connectivity index (χ0) is 10.6. The quantitative estimate of drug-likeness (QED) is 0.666. The predicted molar refractivity (Wildman–Crippen MR) is 56.3 cm³/mol. The van der Waals surface area contributed by atoms with Crippen molar-refractivity contribution in [1.29, 1.82) is 0 Å². The number of Topliss-reactive ketones (excluding diaryl/α,β-unsaturated/α-hetero) is 1. The molecular formula is C11H21NO2. The molecule has 1 unspecified atom stereocenters. The van der Waals surface area contributed by atoms with Gasteiger partial charge in [-0.25, -0.2) is 0 Å². The number of hydrogen-bond acceptors (Lipinski definition) is 3. The highest BCUT2D eigenvalue weighted by Crippen LogP contribution is 2.13. The van der Waals surface area contributed by atoms with E-state index < -0.39 is 0 Å². The van der Waals surface area contributed by atoms with E-state index in [2.05, 4.69) is 18.7 Å². The summed E-state index contributed by atoms with van der Waals surface area (Å²) in [6, 6.07) is 0. The van der Waals surface area contributed by atoms with Crippen molar-refractivity contribution in [3.8, 4) is 0 Å². The van der Waals surface area contributed by atoms with Crippen molar-refractivity contribution < 1.29 is 9.53 Å². The Bertz CT molecular complexity index is 186. The van der Waals surface area contributed by atoms with Crippen molar-refractivity contribution in [2.75, 3.05) is 33.4 Å². The molecule has 0 radical (unpaired) electrons. The van der Waals surface area contributed by atoms with Crippen LogP contribution in [0.5, 0.6) is 0 Å². The van der Waals surface area contributed by atoms with Gasteiger partial charge in [-0.1, -0.05) is 13.8 Å². The molecule has 3 heteroatoms. The normalized spacial score (nSPS) is 22.2. The van der Waals surface area contributed by atoms with E-state index in [1.807, 2.05) is 7.05 Å². The summed E-state index contributed by atoms with van der Waals surface area (Å²) in [5.41, 5.74) is 0. The molecule has 1 saturated heterocycles. The number of carbonyl (C=O) groups excluding carboxylic acids is 1. The Morgan fingerprint density at radius 1 is 1.57 bits per heavy atom. The van der Waals surface area contributed by atoms with Gasteiger partial charge >= 0.3 is 0 Å². The molecule has 3 nitrogen and oxygen atoms in total. The van der Waals surface area contributed by atoms with Crippen molar-refractivity contribution >= 4 is 5.78 Å². The van der Waals surface area contributed by atoms with E-state index in [9.17, 15) is 4.79 Å². The molecule has 0 aliphatic carbocycles. The number of nitrogens with zero attached hydrogens (tertiary/aromatic N) is 1. The van der Waals surface area contributed by atoms with E-state index in [1.54, 1.807) is 0 Å². The van der Waals surface area contributed by atoms with Gasteiger partial charge in [0, 0.05) is 19.1 Å². The monoisotopic (exact) mass is 199 g/mol. The maximum atomic E-state index is 11.7. The Balaban J connectivity index is 2.25. The summed E-state index contributed by atoms with van der Waals surface area (Å²) < 4.78 is 5.20. The summed E-state index contributed by atoms with van der Waals surface area (Å²) >= 11 is 0. The predicted octanol–water partition coefficient (Wildman–Crippen LogP) is 1.18. The van der Waals surface area contributed by atoms with Crippen molar-refractivity contribution in [2.24, 2.45) is 11.8 Å². The van der Waals surface area contributed by atoms with Crippen LogP contribution in [0.2, 0.25) is 0 Å². The van der Waals surface area contributed by atoms with Gasteiger partial charge in [0.25, 0.3) is 0 Å². The molecule has 1 heterocycles. The molecule has 1 aliphatic heterocycles. The summed E-state index contributed by atoms with van der Waals surface area (Å²) in [4.78, 5) is 13.8. The largest absolute Gasteiger partial charge is 0.381 e. The summed E-state index contributed by atoms with van der Waals surface area (Å²) in [5, 5.41) is 0. The Hall–Kier alpha value is -0.410. The first-order chi connectivity index (χ1) is 6.59. The second-order valence-electron chi connectivity index (χ2n) is 4.62. The topological polar surface area (TPSA) is 29.5 Å². The maximum Gasteiger partial charge on any atom is 0.152 e. The van der Waals surface area contributed by atoms with Crippen LogP contribution in [-0.2, 0) is 9.53 Å². The molecule has 0 saturated carbocycles. The molecule has 1 aliphatic rings. The van der Waals surface area contributed by atoms with Crippen LogP contribution in [0.15, 0.2) is 0 Å². The van der Waals surface area contributed by atoms with Gasteiger partial charge in [-0.15, -0.1) is 0 Å². The van der Waals surface area contributed by atoms with Gasteiger partial charge in [-0.3, -0.25) is 9.69 Å². The zero-order valence-electron chi connectivity index (χ0n) is 9.45. The molecular weight excluding hydrogens is 178 g/mol. The molecule has 0 N–H and O–H groups in total. The minimum absolute atomic E-state index is 0.157. The van der Waals surface area contributed by atoms with Crippen LogP contribution in [0.4, 0.5) is 0 Å². The van der Waals surface area contributed by atoms with Crippen molar-refractivity contribution in [2.45, 2.75) is 20.3 Å². The highest BCUT2D eigenvalue weighted by atomic mass is 16.5. The van der Waals surface area contributed by atoms with Gasteiger partial charge in [0.15, 0.2) is 5.78 Å². The van der Waals surface area contributed by atoms with Crippen LogP contribution in [0, 0.1) is 11.8 Å². The van der Waals surface area contributed by atoms with Crippen molar-refractivity contribution in [3.05, 3.63) is 0 Å². The lowest BCUT2D eigenvalue weighted by Gasteiger charge is -2.19. The van der Waals surface area contributed by atoms with E-state index in [0.717, 1.165) is 19.6 Å². The molecule has 0 spiro atoms. The molecule has 1 fully saturated rings. The van der Waals surface area contributed by atoms with E-state index in [1.165, 1.54) is 0 Å². The number of rotatable bonds is 5. The lowest BCUT2D eigenvalue weighted by Crippen LogP contribution is -2.32. The second kappa shape index (κ2) is 5.47. The molecule has 82 valence electrons. The standard InChI is InChI=1S/C11H21NO2/c1-9(2)6-12(3)7-11(13)10-4-5-14-8-10/h9-10H,4-8H2,1-3H3. The number of hydrogen-bond donors (Lipinski definition) is 0. The number of likely N-dealkylation sites (N-methyl/N-ethyl adjacent to an activating group) is 1. The number of carbonyl (C=O) groups is 1. The Labute approximate surface area is 86.4 Å². The molecule has 1 atom stereocenters. The molecule has 14 heavy (non-hydrogen) atoms. The molecule has 1 rings (SSSR count). The average Bonchev–Trinajstić information content (AvgIpc) is 2.53. The van der Waals surface area contributed by atoms with Crippen LogP contribution in [0.3, 0.4) is 0 Å². The van der Waals surface area contributed by atoms with Gasteiger partial charge in [0.1, 0.15) is 0 Å². The molecule has 0 aromatic rings. The minimum atomic E-state index is 0.157. The first kappa shape index (κ1) is 11.7. The van der Waals surface area contributed by atoms with Crippen LogP contribution < -0.4 is 0 Å². The SMILES string of the molecule is CC(C)CN(C)CC(=O)C1CCOC1. The van der Waals surface area contributed by atoms with Gasteiger partial charge in [0.2, 0.25) is 0 Å². The van der Waals surface area contributed by atoms with E-state index in [0.29, 0.717) is 24.9 Å². The third-order valence-corrected chi connectivity index (χ3v) is 2.49. The second-order valence-corrected chi connectivity index (χ2v) is 4.62. The highest BCUT2D eigenvalue weighted by molar-refractivity contribution is 5.83. The third kappa shape index (κ3) is 3.76. The first-order valence-electron chi connectivity index (χ1n) is 5.38. The highest BCUT2D eigenvalue weighted by Gasteiger charge is 2.23. The summed E-state index contributed by atoms with van der Waals surface area (Å²) in [6.45, 7) is 7.28. The Morgan fingerprint density at radius 3 is 2.79 bits per heavy atom. The van der Waals surface area contributed by atoms with Crippen molar-refractivity contribution in [1.82, 2.24) is 4.90 Å². The van der Waals surface area contributed by atoms with Crippen LogP contribution in [0.1, 0.15) is 20.3 Å². The van der Waals surface area contributed by atoms with Gasteiger partial charge in [-0.2, -0.15) is 0 Å². The van der Waals surface area contributed by atoms with Crippen LogP contribution in [0.25, 0.3) is 0 Å². The van der Waals surface area contributed by atoms with Gasteiger partial charge in [-0.05, 0) is 19.4 Å². The maximum absolute atomic E-state index is 11.7. The Kier molecular flexibility index (Phi) is 4.55. The smallest absolute Gasteiger partial charge is 0.152 e. The molecule has 0 amide bonds. The molecule has 0 aromatic heterocycles. The summed E-state index contributed by atoms with van der Waals surface area (Å²) in [7, 11) is 2.01. The average molecular weight is 199 g/mol. The first-order valence-corrected chi connectivity index (χ1v) is 5.38. The molecule has 0 aromatic carbocycles. The fraction of sp³-hybridized carbons (Fsp3) is 0.909. The van der Waals surface area contributed by atoms with Crippen LogP contribution >= 0.6 is 0 Å². The van der Waals surface area contributed by atoms with Crippen LogP contribution in [-0.4, -0.2) is 44.0 Å². The third-order valence-electron chi connectivity index (χ3n) is 2.49. The minimum Gasteiger partial charge on any atom is -0.381 e. The fourth-order valence-electron chi connectivity index (χ4n) is 1.87. The summed E-state index contributed by atoms with van der Waals surface area (Å²) in [5.74, 6) is 1.11. The Morgan fingerprint density at radius 2 is 2.29 bits per heavy atom. The van der Waals surface area contributed by atoms with E-state index >= 15 is 0 Å². The number of ketones is 1. The van der Waals surface area contributed by atoms with Gasteiger partial charge in [0.05, 0.1) is 13.2 Å². The van der Waals surface area contributed by atoms with Gasteiger partial charge < -0.3 is 4.74 Å². The fourth-order valence-corrected chi connectivity index (χ4v) is 1.87. The van der Waals surface area contributed by atoms with E-state index in [4.69, 9.17) is 4.74 Å². The molecule has 0 bridgehead atoms. The number of ether oxygens (including phenoxy) is 1.